The third-order valence-corrected chi connectivity index (χ3v) is 3.93. The molecule has 0 spiro atoms. The summed E-state index contributed by atoms with van der Waals surface area (Å²) in [7, 11) is 0. The molecule has 2 fully saturated rings. The van der Waals surface area contributed by atoms with E-state index in [9.17, 15) is 0 Å². The van der Waals surface area contributed by atoms with Gasteiger partial charge >= 0.3 is 0 Å². The fourth-order valence-corrected chi connectivity index (χ4v) is 2.97. The molecule has 1 aliphatic heterocycles. The number of rotatable bonds is 3. The Hall–Kier alpha value is -0.830. The summed E-state index contributed by atoms with van der Waals surface area (Å²) in [6, 6.07) is 0.593. The number of hydrogen-bond acceptors (Lipinski definition) is 3. The molecule has 1 aromatic rings. The lowest BCUT2D eigenvalue weighted by atomic mass is 10.1. The molecular formula is C13H20N2O. The summed E-state index contributed by atoms with van der Waals surface area (Å²) in [6.07, 6.45) is 10.7. The zero-order valence-corrected chi connectivity index (χ0v) is 9.74. The minimum atomic E-state index is 0.593. The van der Waals surface area contributed by atoms with Crippen molar-refractivity contribution in [2.45, 2.75) is 56.9 Å². The number of oxazole rings is 1. The van der Waals surface area contributed by atoms with E-state index in [0.717, 1.165) is 18.9 Å². The predicted molar refractivity (Wildman–Crippen MR) is 62.4 cm³/mol. The van der Waals surface area contributed by atoms with Crippen LogP contribution >= 0.6 is 0 Å². The largest absolute Gasteiger partial charge is 0.449 e. The number of nitrogens with one attached hydrogen (secondary N) is 1. The number of nitrogens with zero attached hydrogens (tertiary/aromatic N) is 1. The molecule has 1 aromatic heterocycles. The predicted octanol–water partition coefficient (Wildman–Crippen LogP) is 2.63. The van der Waals surface area contributed by atoms with Crippen LogP contribution in [0.15, 0.2) is 10.7 Å². The highest BCUT2D eigenvalue weighted by Gasteiger charge is 2.22. The smallest absolute Gasteiger partial charge is 0.195 e. The molecule has 2 aliphatic rings. The third-order valence-electron chi connectivity index (χ3n) is 3.93. The van der Waals surface area contributed by atoms with Crippen molar-refractivity contribution in [3.8, 4) is 0 Å². The van der Waals surface area contributed by atoms with Crippen LogP contribution in [-0.4, -0.2) is 17.6 Å². The average molecular weight is 220 g/mol. The van der Waals surface area contributed by atoms with Gasteiger partial charge in [0.15, 0.2) is 5.89 Å². The highest BCUT2D eigenvalue weighted by Crippen LogP contribution is 2.33. The summed E-state index contributed by atoms with van der Waals surface area (Å²) in [5.74, 6) is 1.61. The average Bonchev–Trinajstić information content (AvgIpc) is 2.99. The number of aromatic nitrogens is 1. The monoisotopic (exact) mass is 220 g/mol. The maximum atomic E-state index is 5.59. The molecule has 0 radical (unpaired) electrons. The van der Waals surface area contributed by atoms with Gasteiger partial charge in [0.1, 0.15) is 6.26 Å². The summed E-state index contributed by atoms with van der Waals surface area (Å²) in [6.45, 7) is 1.15. The third kappa shape index (κ3) is 2.14. The quantitative estimate of drug-likeness (QED) is 0.851. The molecular weight excluding hydrogens is 200 g/mol. The van der Waals surface area contributed by atoms with E-state index in [2.05, 4.69) is 10.3 Å². The maximum Gasteiger partial charge on any atom is 0.195 e. The lowest BCUT2D eigenvalue weighted by Crippen LogP contribution is -2.23. The van der Waals surface area contributed by atoms with Crippen molar-refractivity contribution >= 4 is 0 Å². The molecule has 0 amide bonds. The van der Waals surface area contributed by atoms with Crippen LogP contribution in [0.1, 0.15) is 56.0 Å². The number of hydrogen-bond donors (Lipinski definition) is 1. The van der Waals surface area contributed by atoms with Gasteiger partial charge in [-0.1, -0.05) is 12.8 Å². The van der Waals surface area contributed by atoms with E-state index in [-0.39, 0.29) is 0 Å². The van der Waals surface area contributed by atoms with Crippen LogP contribution < -0.4 is 5.32 Å². The van der Waals surface area contributed by atoms with E-state index in [1.807, 2.05) is 6.26 Å². The van der Waals surface area contributed by atoms with Gasteiger partial charge in [-0.2, -0.15) is 0 Å². The first-order chi connectivity index (χ1) is 7.92. The van der Waals surface area contributed by atoms with Crippen molar-refractivity contribution in [1.29, 1.82) is 0 Å². The second kappa shape index (κ2) is 4.58. The lowest BCUT2D eigenvalue weighted by Gasteiger charge is -2.06. The van der Waals surface area contributed by atoms with Gasteiger partial charge in [0.2, 0.25) is 0 Å². The Bertz CT molecular complexity index is 335. The topological polar surface area (TPSA) is 38.1 Å². The molecule has 3 heteroatoms. The summed E-state index contributed by atoms with van der Waals surface area (Å²) in [4.78, 5) is 4.65. The molecule has 1 aliphatic carbocycles. The Balaban J connectivity index is 1.62. The molecule has 2 heterocycles. The maximum absolute atomic E-state index is 5.59. The summed E-state index contributed by atoms with van der Waals surface area (Å²) >= 11 is 0. The highest BCUT2D eigenvalue weighted by molar-refractivity contribution is 5.06. The van der Waals surface area contributed by atoms with Gasteiger partial charge in [-0.25, -0.2) is 4.98 Å². The minimum absolute atomic E-state index is 0.593. The van der Waals surface area contributed by atoms with Crippen molar-refractivity contribution in [3.05, 3.63) is 17.8 Å². The fourth-order valence-electron chi connectivity index (χ4n) is 2.97. The van der Waals surface area contributed by atoms with Gasteiger partial charge in [0.05, 0.1) is 5.69 Å². The van der Waals surface area contributed by atoms with Gasteiger partial charge in [0.25, 0.3) is 0 Å². The molecule has 88 valence electrons. The van der Waals surface area contributed by atoms with Gasteiger partial charge in [-0.15, -0.1) is 0 Å². The van der Waals surface area contributed by atoms with Crippen molar-refractivity contribution in [2.24, 2.45) is 0 Å². The minimum Gasteiger partial charge on any atom is -0.449 e. The van der Waals surface area contributed by atoms with Crippen LogP contribution in [-0.2, 0) is 6.42 Å². The molecule has 0 bridgehead atoms. The van der Waals surface area contributed by atoms with Crippen LogP contribution in [0, 0.1) is 0 Å². The Morgan fingerprint density at radius 3 is 2.88 bits per heavy atom. The molecule has 1 unspecified atom stereocenters. The standard InChI is InChI=1S/C13H20N2O/c1-2-5-10(4-1)12-9-16-13(15-12)8-11-6-3-7-14-11/h9-11,14H,1-8H2. The van der Waals surface area contributed by atoms with E-state index < -0.39 is 0 Å². The summed E-state index contributed by atoms with van der Waals surface area (Å²) < 4.78 is 5.59. The van der Waals surface area contributed by atoms with Crippen molar-refractivity contribution in [1.82, 2.24) is 10.3 Å². The normalized spacial score (nSPS) is 26.6. The Labute approximate surface area is 96.6 Å². The molecule has 16 heavy (non-hydrogen) atoms. The molecule has 1 N–H and O–H groups in total. The van der Waals surface area contributed by atoms with Gasteiger partial charge in [-0.05, 0) is 32.2 Å². The molecule has 1 atom stereocenters. The van der Waals surface area contributed by atoms with E-state index >= 15 is 0 Å². The lowest BCUT2D eigenvalue weighted by molar-refractivity contribution is 0.455. The summed E-state index contributed by atoms with van der Waals surface area (Å²) in [5, 5.41) is 3.48. The molecule has 0 aromatic carbocycles. The first-order valence-corrected chi connectivity index (χ1v) is 6.59. The van der Waals surface area contributed by atoms with Crippen LogP contribution in [0.25, 0.3) is 0 Å². The molecule has 1 saturated carbocycles. The van der Waals surface area contributed by atoms with Gasteiger partial charge < -0.3 is 9.73 Å². The molecule has 1 saturated heterocycles. The first-order valence-electron chi connectivity index (χ1n) is 6.59. The Morgan fingerprint density at radius 1 is 1.25 bits per heavy atom. The van der Waals surface area contributed by atoms with E-state index in [4.69, 9.17) is 4.42 Å². The van der Waals surface area contributed by atoms with Gasteiger partial charge in [-0.3, -0.25) is 0 Å². The van der Waals surface area contributed by atoms with Crippen LogP contribution in [0.2, 0.25) is 0 Å². The second-order valence-electron chi connectivity index (χ2n) is 5.14. The van der Waals surface area contributed by atoms with Crippen LogP contribution in [0.4, 0.5) is 0 Å². The molecule has 3 nitrogen and oxygen atoms in total. The van der Waals surface area contributed by atoms with Gasteiger partial charge in [0, 0.05) is 18.4 Å². The van der Waals surface area contributed by atoms with Crippen LogP contribution in [0.3, 0.4) is 0 Å². The van der Waals surface area contributed by atoms with E-state index in [1.165, 1.54) is 44.2 Å². The Kier molecular flexibility index (Phi) is 2.96. The Morgan fingerprint density at radius 2 is 2.12 bits per heavy atom. The SMILES string of the molecule is c1oc(CC2CCCN2)nc1C1CCCC1. The summed E-state index contributed by atoms with van der Waals surface area (Å²) in [5.41, 5.74) is 1.20. The van der Waals surface area contributed by atoms with E-state index in [0.29, 0.717) is 12.0 Å². The van der Waals surface area contributed by atoms with Crippen LogP contribution in [0.5, 0.6) is 0 Å². The highest BCUT2D eigenvalue weighted by atomic mass is 16.3. The van der Waals surface area contributed by atoms with Crippen molar-refractivity contribution in [2.75, 3.05) is 6.54 Å². The molecule has 3 rings (SSSR count). The van der Waals surface area contributed by atoms with Crippen molar-refractivity contribution < 1.29 is 4.42 Å². The zero-order valence-electron chi connectivity index (χ0n) is 9.74. The van der Waals surface area contributed by atoms with E-state index in [1.54, 1.807) is 0 Å². The fraction of sp³-hybridized carbons (Fsp3) is 0.769. The zero-order chi connectivity index (χ0) is 10.8. The first kappa shape index (κ1) is 10.3. The van der Waals surface area contributed by atoms with Crippen molar-refractivity contribution in [3.63, 3.8) is 0 Å². The second-order valence-corrected chi connectivity index (χ2v) is 5.14.